The van der Waals surface area contributed by atoms with Crippen LogP contribution in [0.3, 0.4) is 0 Å². The third-order valence-corrected chi connectivity index (χ3v) is 4.67. The normalized spacial score (nSPS) is 14.2. The molecular formula is C20H25N5O4. The molecule has 0 unspecified atom stereocenters. The number of hydrogen-bond donors (Lipinski definition) is 1. The van der Waals surface area contributed by atoms with Crippen molar-refractivity contribution in [3.63, 3.8) is 0 Å². The van der Waals surface area contributed by atoms with Crippen molar-refractivity contribution >= 4 is 17.7 Å². The average molecular weight is 399 g/mol. The van der Waals surface area contributed by atoms with Crippen molar-refractivity contribution in [3.05, 3.63) is 53.7 Å². The maximum Gasteiger partial charge on any atom is 0.289 e. The zero-order valence-electron chi connectivity index (χ0n) is 16.6. The zero-order valence-corrected chi connectivity index (χ0v) is 16.6. The summed E-state index contributed by atoms with van der Waals surface area (Å²) in [6, 6.07) is 6.39. The van der Waals surface area contributed by atoms with Gasteiger partial charge in [0.1, 0.15) is 5.69 Å². The lowest BCUT2D eigenvalue weighted by molar-refractivity contribution is 0.0515. The summed E-state index contributed by atoms with van der Waals surface area (Å²) in [6.07, 6.45) is 2.92. The molecule has 1 aliphatic heterocycles. The van der Waals surface area contributed by atoms with Gasteiger partial charge in [-0.15, -0.1) is 0 Å². The summed E-state index contributed by atoms with van der Waals surface area (Å²) in [5.41, 5.74) is 0.616. The fourth-order valence-electron chi connectivity index (χ4n) is 3.01. The number of aromatic nitrogens is 1. The van der Waals surface area contributed by atoms with E-state index in [1.807, 2.05) is 19.0 Å². The standard InChI is InChI=1S/C20H25N5O4/c1-23(2)8-7-22-18(26)15-5-6-21-16(14-15)19(27)24-9-11-25(12-10-24)20(28)17-4-3-13-29-17/h3-6,13-14H,7-12H2,1-2H3,(H,22,26). The molecule has 0 aromatic carbocycles. The molecule has 3 heterocycles. The predicted molar refractivity (Wildman–Crippen MR) is 106 cm³/mol. The minimum Gasteiger partial charge on any atom is -0.459 e. The SMILES string of the molecule is CN(C)CCNC(=O)c1ccnc(C(=O)N2CCN(C(=O)c3ccco3)CC2)c1. The molecule has 29 heavy (non-hydrogen) atoms. The van der Waals surface area contributed by atoms with Crippen molar-refractivity contribution < 1.29 is 18.8 Å². The number of likely N-dealkylation sites (N-methyl/N-ethyl adjacent to an activating group) is 1. The molecule has 1 fully saturated rings. The fourth-order valence-corrected chi connectivity index (χ4v) is 3.01. The molecular weight excluding hydrogens is 374 g/mol. The van der Waals surface area contributed by atoms with Gasteiger partial charge >= 0.3 is 0 Å². The first-order valence-electron chi connectivity index (χ1n) is 9.47. The van der Waals surface area contributed by atoms with E-state index in [0.717, 1.165) is 6.54 Å². The van der Waals surface area contributed by atoms with Gasteiger partial charge in [-0.25, -0.2) is 0 Å². The van der Waals surface area contributed by atoms with Gasteiger partial charge in [0, 0.05) is 51.0 Å². The Labute approximate surface area is 169 Å². The lowest BCUT2D eigenvalue weighted by Crippen LogP contribution is -2.50. The molecule has 0 atom stereocenters. The van der Waals surface area contributed by atoms with Gasteiger partial charge in [-0.05, 0) is 38.4 Å². The van der Waals surface area contributed by atoms with Crippen LogP contribution in [0.5, 0.6) is 0 Å². The van der Waals surface area contributed by atoms with E-state index in [2.05, 4.69) is 10.3 Å². The van der Waals surface area contributed by atoms with Gasteiger partial charge in [-0.3, -0.25) is 19.4 Å². The van der Waals surface area contributed by atoms with Crippen LogP contribution in [0.15, 0.2) is 41.1 Å². The van der Waals surface area contributed by atoms with Gasteiger partial charge in [-0.1, -0.05) is 0 Å². The van der Waals surface area contributed by atoms with Gasteiger partial charge in [-0.2, -0.15) is 0 Å². The van der Waals surface area contributed by atoms with Gasteiger partial charge in [0.15, 0.2) is 5.76 Å². The number of hydrogen-bond acceptors (Lipinski definition) is 6. The largest absolute Gasteiger partial charge is 0.459 e. The van der Waals surface area contributed by atoms with E-state index in [1.165, 1.54) is 18.5 Å². The molecule has 3 amide bonds. The van der Waals surface area contributed by atoms with Crippen LogP contribution in [0, 0.1) is 0 Å². The van der Waals surface area contributed by atoms with Crippen LogP contribution in [0.2, 0.25) is 0 Å². The Morgan fingerprint density at radius 3 is 2.41 bits per heavy atom. The fraction of sp³-hybridized carbons (Fsp3) is 0.400. The molecule has 0 aliphatic carbocycles. The Hall–Kier alpha value is -3.20. The monoisotopic (exact) mass is 399 g/mol. The third kappa shape index (κ3) is 5.20. The van der Waals surface area contributed by atoms with Crippen LogP contribution in [0.4, 0.5) is 0 Å². The number of furan rings is 1. The molecule has 0 radical (unpaired) electrons. The minimum atomic E-state index is -0.252. The summed E-state index contributed by atoms with van der Waals surface area (Å²) >= 11 is 0. The number of piperazine rings is 1. The smallest absolute Gasteiger partial charge is 0.289 e. The minimum absolute atomic E-state index is 0.184. The van der Waals surface area contributed by atoms with Crippen LogP contribution < -0.4 is 5.32 Å². The molecule has 1 saturated heterocycles. The quantitative estimate of drug-likeness (QED) is 0.762. The van der Waals surface area contributed by atoms with Gasteiger partial charge in [0.25, 0.3) is 17.7 Å². The molecule has 2 aromatic heterocycles. The number of rotatable bonds is 6. The zero-order chi connectivity index (χ0) is 20.8. The van der Waals surface area contributed by atoms with Gasteiger partial charge in [0.2, 0.25) is 0 Å². The second-order valence-electron chi connectivity index (χ2n) is 7.05. The molecule has 3 rings (SSSR count). The van der Waals surface area contributed by atoms with E-state index in [-0.39, 0.29) is 23.4 Å². The van der Waals surface area contributed by atoms with Crippen molar-refractivity contribution in [2.24, 2.45) is 0 Å². The lowest BCUT2D eigenvalue weighted by Gasteiger charge is -2.34. The molecule has 0 spiro atoms. The lowest BCUT2D eigenvalue weighted by atomic mass is 10.2. The first-order valence-corrected chi connectivity index (χ1v) is 9.47. The molecule has 2 aromatic rings. The Bertz CT molecular complexity index is 858. The number of carbonyl (C=O) groups excluding carboxylic acids is 3. The Morgan fingerprint density at radius 2 is 1.79 bits per heavy atom. The van der Waals surface area contributed by atoms with Crippen LogP contribution in [-0.2, 0) is 0 Å². The summed E-state index contributed by atoms with van der Waals surface area (Å²) in [4.78, 5) is 46.8. The summed E-state index contributed by atoms with van der Waals surface area (Å²) in [6.45, 7) is 2.86. The highest BCUT2D eigenvalue weighted by molar-refractivity contribution is 5.98. The van der Waals surface area contributed by atoms with E-state index in [9.17, 15) is 14.4 Å². The number of carbonyl (C=O) groups is 3. The van der Waals surface area contributed by atoms with Crippen molar-refractivity contribution in [3.8, 4) is 0 Å². The maximum absolute atomic E-state index is 12.8. The Kier molecular flexibility index (Phi) is 6.61. The molecule has 9 heteroatoms. The molecule has 9 nitrogen and oxygen atoms in total. The molecule has 0 bridgehead atoms. The molecule has 1 aliphatic rings. The van der Waals surface area contributed by atoms with E-state index in [1.54, 1.807) is 28.0 Å². The Balaban J connectivity index is 1.57. The summed E-state index contributed by atoms with van der Waals surface area (Å²) in [5, 5.41) is 2.82. The summed E-state index contributed by atoms with van der Waals surface area (Å²) in [5.74, 6) is -0.383. The van der Waals surface area contributed by atoms with Crippen LogP contribution in [0.25, 0.3) is 0 Å². The highest BCUT2D eigenvalue weighted by Gasteiger charge is 2.27. The maximum atomic E-state index is 12.8. The summed E-state index contributed by atoms with van der Waals surface area (Å²) in [7, 11) is 3.86. The second kappa shape index (κ2) is 9.33. The highest BCUT2D eigenvalue weighted by atomic mass is 16.3. The third-order valence-electron chi connectivity index (χ3n) is 4.67. The first-order chi connectivity index (χ1) is 14.0. The van der Waals surface area contributed by atoms with Crippen molar-refractivity contribution in [1.82, 2.24) is 25.0 Å². The molecule has 154 valence electrons. The van der Waals surface area contributed by atoms with Gasteiger partial charge in [0.05, 0.1) is 6.26 Å². The van der Waals surface area contributed by atoms with Crippen molar-refractivity contribution in [1.29, 1.82) is 0 Å². The molecule has 1 N–H and O–H groups in total. The average Bonchev–Trinajstić information content (AvgIpc) is 3.27. The predicted octanol–water partition coefficient (Wildman–Crippen LogP) is 0.564. The highest BCUT2D eigenvalue weighted by Crippen LogP contribution is 2.12. The number of pyridine rings is 1. The van der Waals surface area contributed by atoms with Crippen LogP contribution >= 0.6 is 0 Å². The van der Waals surface area contributed by atoms with Crippen LogP contribution in [0.1, 0.15) is 31.4 Å². The summed E-state index contributed by atoms with van der Waals surface area (Å²) < 4.78 is 5.15. The first kappa shape index (κ1) is 20.5. The Morgan fingerprint density at radius 1 is 1.10 bits per heavy atom. The number of nitrogens with zero attached hydrogens (tertiary/aromatic N) is 4. The van der Waals surface area contributed by atoms with E-state index in [0.29, 0.717) is 44.0 Å². The van der Waals surface area contributed by atoms with Crippen molar-refractivity contribution in [2.45, 2.75) is 0 Å². The van der Waals surface area contributed by atoms with E-state index >= 15 is 0 Å². The van der Waals surface area contributed by atoms with Crippen LogP contribution in [-0.4, -0.2) is 90.8 Å². The second-order valence-corrected chi connectivity index (χ2v) is 7.05. The molecule has 0 saturated carbocycles. The number of nitrogens with one attached hydrogen (secondary N) is 1. The topological polar surface area (TPSA) is 99.0 Å². The van der Waals surface area contributed by atoms with Crippen molar-refractivity contribution in [2.75, 3.05) is 53.4 Å². The van der Waals surface area contributed by atoms with E-state index < -0.39 is 0 Å². The number of amides is 3. The van der Waals surface area contributed by atoms with Gasteiger partial charge < -0.3 is 24.4 Å². The van der Waals surface area contributed by atoms with E-state index in [4.69, 9.17) is 4.42 Å².